The highest BCUT2D eigenvalue weighted by atomic mass is 16.2. The molecule has 108 valence electrons. The molecule has 21 heavy (non-hydrogen) atoms. The lowest BCUT2D eigenvalue weighted by molar-refractivity contribution is 0.288. The lowest BCUT2D eigenvalue weighted by atomic mass is 10.2. The molecule has 0 unspecified atom stereocenters. The minimum atomic E-state index is 0.155. The van der Waals surface area contributed by atoms with Gasteiger partial charge in [0.05, 0.1) is 23.3 Å². The molecule has 6 heteroatoms. The van der Waals surface area contributed by atoms with Gasteiger partial charge in [-0.25, -0.2) is 15.0 Å². The Labute approximate surface area is 122 Å². The number of aliphatic hydroxyl groups is 1. The molecule has 0 bridgehead atoms. The second-order valence-corrected chi connectivity index (χ2v) is 4.75. The predicted octanol–water partition coefficient (Wildman–Crippen LogP) is 1.67. The number of hydrogen-bond donors (Lipinski definition) is 1. The molecule has 0 aliphatic heterocycles. The predicted molar refractivity (Wildman–Crippen MR) is 78.8 cm³/mol. The summed E-state index contributed by atoms with van der Waals surface area (Å²) in [6.45, 7) is 2.19. The van der Waals surface area contributed by atoms with Crippen molar-refractivity contribution >= 4 is 5.65 Å². The molecule has 0 aliphatic rings. The quantitative estimate of drug-likeness (QED) is 0.771. The van der Waals surface area contributed by atoms with Gasteiger partial charge >= 0.3 is 0 Å². The van der Waals surface area contributed by atoms with Crippen molar-refractivity contribution in [1.82, 2.24) is 24.3 Å². The molecule has 0 aliphatic carbocycles. The van der Waals surface area contributed by atoms with Crippen LogP contribution in [0, 0.1) is 0 Å². The fraction of sp³-hybridized carbons (Fsp3) is 0.333. The van der Waals surface area contributed by atoms with Crippen molar-refractivity contribution in [2.45, 2.75) is 26.2 Å². The summed E-state index contributed by atoms with van der Waals surface area (Å²) in [6, 6.07) is 1.89. The minimum Gasteiger partial charge on any atom is -0.396 e. The first-order valence-corrected chi connectivity index (χ1v) is 7.07. The molecule has 0 saturated heterocycles. The zero-order chi connectivity index (χ0) is 14.7. The van der Waals surface area contributed by atoms with Gasteiger partial charge in [0.1, 0.15) is 5.82 Å². The van der Waals surface area contributed by atoms with Gasteiger partial charge in [0.15, 0.2) is 5.65 Å². The van der Waals surface area contributed by atoms with Crippen molar-refractivity contribution < 1.29 is 5.11 Å². The first-order valence-electron chi connectivity index (χ1n) is 7.07. The first-order chi connectivity index (χ1) is 10.3. The van der Waals surface area contributed by atoms with Gasteiger partial charge < -0.3 is 5.11 Å². The number of aliphatic hydroxyl groups excluding tert-OH is 1. The van der Waals surface area contributed by atoms with Crippen LogP contribution in [0.5, 0.6) is 0 Å². The molecule has 3 aromatic heterocycles. The van der Waals surface area contributed by atoms with Crippen LogP contribution in [0.25, 0.3) is 17.0 Å². The van der Waals surface area contributed by atoms with Gasteiger partial charge in [0.2, 0.25) is 0 Å². The summed E-state index contributed by atoms with van der Waals surface area (Å²) < 4.78 is 1.99. The fourth-order valence-corrected chi connectivity index (χ4v) is 2.30. The Morgan fingerprint density at radius 3 is 2.90 bits per heavy atom. The molecule has 0 atom stereocenters. The van der Waals surface area contributed by atoms with Crippen molar-refractivity contribution in [2.24, 2.45) is 0 Å². The summed E-state index contributed by atoms with van der Waals surface area (Å²) >= 11 is 0. The molecule has 0 radical (unpaired) electrons. The van der Waals surface area contributed by atoms with Crippen LogP contribution in [0.2, 0.25) is 0 Å². The molecule has 0 aromatic carbocycles. The zero-order valence-electron chi connectivity index (χ0n) is 11.9. The minimum absolute atomic E-state index is 0.155. The highest BCUT2D eigenvalue weighted by Crippen LogP contribution is 2.20. The van der Waals surface area contributed by atoms with Crippen molar-refractivity contribution in [3.8, 4) is 11.4 Å². The van der Waals surface area contributed by atoms with E-state index in [9.17, 15) is 0 Å². The van der Waals surface area contributed by atoms with Crippen LogP contribution < -0.4 is 0 Å². The molecule has 0 fully saturated rings. The number of hydrogen-bond acceptors (Lipinski definition) is 5. The van der Waals surface area contributed by atoms with Crippen molar-refractivity contribution in [1.29, 1.82) is 0 Å². The third-order valence-corrected chi connectivity index (χ3v) is 3.36. The maximum atomic E-state index is 8.97. The fourth-order valence-electron chi connectivity index (χ4n) is 2.30. The van der Waals surface area contributed by atoms with Crippen LogP contribution in [0.3, 0.4) is 0 Å². The SMILES string of the molecule is CCc1nccc(-c2cnc3c(CCCO)nccn23)n1. The standard InChI is InChI=1S/C15H17N5O/c1-2-14-17-6-5-11(19-14)13-10-18-15-12(4-3-9-21)16-7-8-20(13)15/h5-8,10,21H,2-4,9H2,1H3. The Morgan fingerprint density at radius 1 is 1.19 bits per heavy atom. The molecule has 1 N–H and O–H groups in total. The normalized spacial score (nSPS) is 11.1. The summed E-state index contributed by atoms with van der Waals surface area (Å²) in [5.41, 5.74) is 3.49. The maximum absolute atomic E-state index is 8.97. The van der Waals surface area contributed by atoms with Gasteiger partial charge in [-0.3, -0.25) is 9.38 Å². The Morgan fingerprint density at radius 2 is 2.10 bits per heavy atom. The van der Waals surface area contributed by atoms with E-state index in [2.05, 4.69) is 19.9 Å². The summed E-state index contributed by atoms with van der Waals surface area (Å²) in [5.74, 6) is 0.817. The van der Waals surface area contributed by atoms with E-state index in [0.717, 1.165) is 35.0 Å². The van der Waals surface area contributed by atoms with Crippen LogP contribution in [0.15, 0.2) is 30.9 Å². The number of aromatic nitrogens is 5. The molecule has 0 amide bonds. The molecule has 0 saturated carbocycles. The summed E-state index contributed by atoms with van der Waals surface area (Å²) in [6.07, 6.45) is 9.41. The highest BCUT2D eigenvalue weighted by Gasteiger charge is 2.11. The average molecular weight is 283 g/mol. The van der Waals surface area contributed by atoms with Gasteiger partial charge in [-0.2, -0.15) is 0 Å². The molecular weight excluding hydrogens is 266 g/mol. The van der Waals surface area contributed by atoms with Crippen LogP contribution in [0.4, 0.5) is 0 Å². The second-order valence-electron chi connectivity index (χ2n) is 4.75. The largest absolute Gasteiger partial charge is 0.396 e. The van der Waals surface area contributed by atoms with Crippen LogP contribution >= 0.6 is 0 Å². The Balaban J connectivity index is 2.07. The lowest BCUT2D eigenvalue weighted by Gasteiger charge is -2.05. The number of aryl methyl sites for hydroxylation is 2. The number of imidazole rings is 1. The summed E-state index contributed by atoms with van der Waals surface area (Å²) in [5, 5.41) is 8.97. The monoisotopic (exact) mass is 283 g/mol. The third-order valence-electron chi connectivity index (χ3n) is 3.36. The van der Waals surface area contributed by atoms with E-state index < -0.39 is 0 Å². The molecule has 3 rings (SSSR count). The Bertz CT molecular complexity index is 753. The van der Waals surface area contributed by atoms with E-state index in [1.807, 2.05) is 23.6 Å². The van der Waals surface area contributed by atoms with Crippen LogP contribution in [-0.4, -0.2) is 36.1 Å². The van der Waals surface area contributed by atoms with E-state index in [1.165, 1.54) is 0 Å². The number of rotatable bonds is 5. The lowest BCUT2D eigenvalue weighted by Crippen LogP contribution is -2.00. The first kappa shape index (κ1) is 13.6. The molecule has 6 nitrogen and oxygen atoms in total. The van der Waals surface area contributed by atoms with Crippen LogP contribution in [0.1, 0.15) is 24.9 Å². The van der Waals surface area contributed by atoms with Crippen molar-refractivity contribution in [2.75, 3.05) is 6.61 Å². The van der Waals surface area contributed by atoms with E-state index in [-0.39, 0.29) is 6.61 Å². The number of fused-ring (bicyclic) bond motifs is 1. The average Bonchev–Trinajstić information content (AvgIpc) is 2.97. The molecular formula is C15H17N5O. The Kier molecular flexibility index (Phi) is 3.87. The van der Waals surface area contributed by atoms with Gasteiger partial charge in [0, 0.05) is 31.6 Å². The highest BCUT2D eigenvalue weighted by molar-refractivity contribution is 5.61. The van der Waals surface area contributed by atoms with E-state index >= 15 is 0 Å². The maximum Gasteiger partial charge on any atom is 0.159 e. The van der Waals surface area contributed by atoms with Crippen LogP contribution in [-0.2, 0) is 12.8 Å². The topological polar surface area (TPSA) is 76.2 Å². The van der Waals surface area contributed by atoms with Gasteiger partial charge in [-0.05, 0) is 18.9 Å². The summed E-state index contributed by atoms with van der Waals surface area (Å²) in [4.78, 5) is 17.6. The second kappa shape index (κ2) is 5.97. The third kappa shape index (κ3) is 2.62. The van der Waals surface area contributed by atoms with Gasteiger partial charge in [-0.1, -0.05) is 6.92 Å². The smallest absolute Gasteiger partial charge is 0.159 e. The van der Waals surface area contributed by atoms with E-state index in [4.69, 9.17) is 5.11 Å². The Hall–Kier alpha value is -2.34. The zero-order valence-corrected chi connectivity index (χ0v) is 11.9. The van der Waals surface area contributed by atoms with Crippen molar-refractivity contribution in [3.63, 3.8) is 0 Å². The van der Waals surface area contributed by atoms with Gasteiger partial charge in [-0.15, -0.1) is 0 Å². The molecule has 3 heterocycles. The number of nitrogens with zero attached hydrogens (tertiary/aromatic N) is 5. The summed E-state index contributed by atoms with van der Waals surface area (Å²) in [7, 11) is 0. The van der Waals surface area contributed by atoms with Crippen molar-refractivity contribution in [3.05, 3.63) is 42.4 Å². The van der Waals surface area contributed by atoms with Gasteiger partial charge in [0.25, 0.3) is 0 Å². The molecule has 3 aromatic rings. The van der Waals surface area contributed by atoms with E-state index in [0.29, 0.717) is 12.8 Å². The molecule has 0 spiro atoms. The van der Waals surface area contributed by atoms with E-state index in [1.54, 1.807) is 18.6 Å².